The van der Waals surface area contributed by atoms with Gasteiger partial charge in [-0.05, 0) is 37.0 Å². The van der Waals surface area contributed by atoms with E-state index in [-0.39, 0.29) is 16.9 Å². The maximum atomic E-state index is 12.6. The highest BCUT2D eigenvalue weighted by molar-refractivity contribution is 7.89. The summed E-state index contributed by atoms with van der Waals surface area (Å²) in [4.78, 5) is 0.285. The lowest BCUT2D eigenvalue weighted by Gasteiger charge is -2.23. The van der Waals surface area contributed by atoms with Crippen molar-refractivity contribution in [1.29, 1.82) is 0 Å². The van der Waals surface area contributed by atoms with Crippen LogP contribution < -0.4 is 10.5 Å². The number of benzene rings is 1. The van der Waals surface area contributed by atoms with E-state index in [1.54, 1.807) is 19.1 Å². The molecule has 1 aromatic rings. The highest BCUT2D eigenvalue weighted by Crippen LogP contribution is 2.19. The molecule has 0 aliphatic heterocycles. The van der Waals surface area contributed by atoms with Gasteiger partial charge in [0.1, 0.15) is 0 Å². The van der Waals surface area contributed by atoms with Crippen molar-refractivity contribution in [3.05, 3.63) is 29.3 Å². The molecule has 1 unspecified atom stereocenters. The SMILES string of the molecule is CCOCC(NS(=O)(=O)c1cccc(CN)c1C)C(C)C. The van der Waals surface area contributed by atoms with Crippen LogP contribution in [0.2, 0.25) is 0 Å². The van der Waals surface area contributed by atoms with Gasteiger partial charge in [-0.1, -0.05) is 26.0 Å². The Bertz CT molecular complexity index is 556. The second-order valence-corrected chi connectivity index (χ2v) is 7.06. The summed E-state index contributed by atoms with van der Waals surface area (Å²) in [6.07, 6.45) is 0. The van der Waals surface area contributed by atoms with E-state index in [2.05, 4.69) is 4.72 Å². The molecule has 5 nitrogen and oxygen atoms in total. The Labute approximate surface area is 127 Å². The molecule has 3 N–H and O–H groups in total. The summed E-state index contributed by atoms with van der Waals surface area (Å²) in [6, 6.07) is 4.91. The van der Waals surface area contributed by atoms with Crippen LogP contribution in [0.4, 0.5) is 0 Å². The Balaban J connectivity index is 3.05. The van der Waals surface area contributed by atoms with Crippen molar-refractivity contribution in [2.75, 3.05) is 13.2 Å². The highest BCUT2D eigenvalue weighted by atomic mass is 32.2. The number of rotatable bonds is 8. The van der Waals surface area contributed by atoms with Crippen molar-refractivity contribution in [2.24, 2.45) is 11.7 Å². The molecule has 1 aromatic carbocycles. The van der Waals surface area contributed by atoms with Gasteiger partial charge in [0.2, 0.25) is 10.0 Å². The summed E-state index contributed by atoms with van der Waals surface area (Å²) in [7, 11) is -3.58. The Kier molecular flexibility index (Phi) is 6.80. The van der Waals surface area contributed by atoms with Crippen LogP contribution in [0.3, 0.4) is 0 Å². The maximum Gasteiger partial charge on any atom is 0.241 e. The number of sulfonamides is 1. The Morgan fingerprint density at radius 3 is 2.52 bits per heavy atom. The summed E-state index contributed by atoms with van der Waals surface area (Å²) in [6.45, 7) is 8.85. The Morgan fingerprint density at radius 1 is 1.33 bits per heavy atom. The monoisotopic (exact) mass is 314 g/mol. The van der Waals surface area contributed by atoms with Crippen LogP contribution >= 0.6 is 0 Å². The maximum absolute atomic E-state index is 12.6. The third-order valence-corrected chi connectivity index (χ3v) is 5.15. The number of nitrogens with one attached hydrogen (secondary N) is 1. The Hall–Kier alpha value is -0.950. The standard InChI is InChI=1S/C15H26N2O3S/c1-5-20-10-14(11(2)3)17-21(18,19)15-8-6-7-13(9-16)12(15)4/h6-8,11,14,17H,5,9-10,16H2,1-4H3. The van der Waals surface area contributed by atoms with E-state index in [1.165, 1.54) is 0 Å². The molecule has 0 saturated carbocycles. The molecule has 21 heavy (non-hydrogen) atoms. The fourth-order valence-electron chi connectivity index (χ4n) is 2.04. The second kappa shape index (κ2) is 7.89. The van der Waals surface area contributed by atoms with Gasteiger partial charge in [0.25, 0.3) is 0 Å². The molecule has 0 saturated heterocycles. The molecule has 0 aliphatic rings. The average molecular weight is 314 g/mol. The zero-order valence-corrected chi connectivity index (χ0v) is 14.0. The normalized spacial score (nSPS) is 13.6. The van der Waals surface area contributed by atoms with Gasteiger partial charge in [-0.2, -0.15) is 0 Å². The molecule has 0 aliphatic carbocycles. The van der Waals surface area contributed by atoms with Gasteiger partial charge >= 0.3 is 0 Å². The van der Waals surface area contributed by atoms with Gasteiger partial charge in [0, 0.05) is 19.2 Å². The predicted octanol–water partition coefficient (Wildman–Crippen LogP) is 1.79. The summed E-state index contributed by atoms with van der Waals surface area (Å²) in [5.41, 5.74) is 7.18. The molecule has 120 valence electrons. The molecule has 1 atom stereocenters. The molecular formula is C15H26N2O3S. The average Bonchev–Trinajstić information content (AvgIpc) is 2.43. The van der Waals surface area contributed by atoms with Gasteiger partial charge in [0.05, 0.1) is 11.5 Å². The third-order valence-electron chi connectivity index (χ3n) is 3.52. The van der Waals surface area contributed by atoms with E-state index in [0.29, 0.717) is 25.3 Å². The van der Waals surface area contributed by atoms with Crippen molar-refractivity contribution < 1.29 is 13.2 Å². The summed E-state index contributed by atoms with van der Waals surface area (Å²) in [5.74, 6) is 0.143. The lowest BCUT2D eigenvalue weighted by Crippen LogP contribution is -2.42. The largest absolute Gasteiger partial charge is 0.380 e. The van der Waals surface area contributed by atoms with Crippen molar-refractivity contribution in [1.82, 2.24) is 4.72 Å². The molecule has 0 spiro atoms. The van der Waals surface area contributed by atoms with Crippen LogP contribution in [0.25, 0.3) is 0 Å². The van der Waals surface area contributed by atoms with Crippen molar-refractivity contribution in [3.63, 3.8) is 0 Å². The second-order valence-electron chi connectivity index (χ2n) is 5.38. The van der Waals surface area contributed by atoms with Gasteiger partial charge in [-0.25, -0.2) is 13.1 Å². The van der Waals surface area contributed by atoms with Crippen LogP contribution in [0.15, 0.2) is 23.1 Å². The van der Waals surface area contributed by atoms with Crippen LogP contribution in [-0.4, -0.2) is 27.7 Å². The quantitative estimate of drug-likeness (QED) is 0.766. The fourth-order valence-corrected chi connectivity index (χ4v) is 3.70. The van der Waals surface area contributed by atoms with E-state index in [0.717, 1.165) is 5.56 Å². The van der Waals surface area contributed by atoms with E-state index in [4.69, 9.17) is 10.5 Å². The lowest BCUT2D eigenvalue weighted by molar-refractivity contribution is 0.116. The number of nitrogens with two attached hydrogens (primary N) is 1. The number of ether oxygens (including phenoxy) is 1. The van der Waals surface area contributed by atoms with Crippen LogP contribution in [-0.2, 0) is 21.3 Å². The van der Waals surface area contributed by atoms with Crippen molar-refractivity contribution >= 4 is 10.0 Å². The first-order chi connectivity index (χ1) is 9.83. The summed E-state index contributed by atoms with van der Waals surface area (Å²) in [5, 5.41) is 0. The van der Waals surface area contributed by atoms with Gasteiger partial charge in [-0.15, -0.1) is 0 Å². The van der Waals surface area contributed by atoms with Crippen LogP contribution in [0.5, 0.6) is 0 Å². The van der Waals surface area contributed by atoms with Gasteiger partial charge < -0.3 is 10.5 Å². The zero-order chi connectivity index (χ0) is 16.0. The smallest absolute Gasteiger partial charge is 0.241 e. The zero-order valence-electron chi connectivity index (χ0n) is 13.2. The summed E-state index contributed by atoms with van der Waals surface area (Å²) >= 11 is 0. The first-order valence-electron chi connectivity index (χ1n) is 7.22. The minimum atomic E-state index is -3.58. The third kappa shape index (κ3) is 4.78. The molecular weight excluding hydrogens is 288 g/mol. The first-order valence-corrected chi connectivity index (χ1v) is 8.70. The predicted molar refractivity (Wildman–Crippen MR) is 84.5 cm³/mol. The number of hydrogen-bond acceptors (Lipinski definition) is 4. The van der Waals surface area contributed by atoms with Crippen LogP contribution in [0.1, 0.15) is 31.9 Å². The molecule has 0 aromatic heterocycles. The number of hydrogen-bond donors (Lipinski definition) is 2. The molecule has 0 amide bonds. The topological polar surface area (TPSA) is 81.4 Å². The molecule has 0 fully saturated rings. The molecule has 0 heterocycles. The van der Waals surface area contributed by atoms with E-state index < -0.39 is 10.0 Å². The van der Waals surface area contributed by atoms with E-state index >= 15 is 0 Å². The van der Waals surface area contributed by atoms with Crippen molar-refractivity contribution in [3.8, 4) is 0 Å². The van der Waals surface area contributed by atoms with Gasteiger partial charge in [-0.3, -0.25) is 0 Å². The molecule has 6 heteroatoms. The first kappa shape index (κ1) is 18.1. The van der Waals surface area contributed by atoms with E-state index in [9.17, 15) is 8.42 Å². The molecule has 1 rings (SSSR count). The molecule has 0 radical (unpaired) electrons. The fraction of sp³-hybridized carbons (Fsp3) is 0.600. The van der Waals surface area contributed by atoms with E-state index in [1.807, 2.05) is 26.8 Å². The van der Waals surface area contributed by atoms with Gasteiger partial charge in [0.15, 0.2) is 0 Å². The summed E-state index contributed by atoms with van der Waals surface area (Å²) < 4.78 is 33.3. The highest BCUT2D eigenvalue weighted by Gasteiger charge is 2.24. The minimum Gasteiger partial charge on any atom is -0.380 e. The van der Waals surface area contributed by atoms with Crippen LogP contribution in [0, 0.1) is 12.8 Å². The minimum absolute atomic E-state index is 0.143. The molecule has 0 bridgehead atoms. The van der Waals surface area contributed by atoms with Crippen molar-refractivity contribution in [2.45, 2.75) is 45.2 Å². The Morgan fingerprint density at radius 2 is 2.00 bits per heavy atom. The lowest BCUT2D eigenvalue weighted by atomic mass is 10.1.